The average molecular weight is 274 g/mol. The van der Waals surface area contributed by atoms with E-state index in [1.165, 1.54) is 10.4 Å². The largest absolute Gasteiger partial charge is 0.481 e. The van der Waals surface area contributed by atoms with E-state index in [4.69, 9.17) is 9.90 Å². The molecule has 0 saturated heterocycles. The van der Waals surface area contributed by atoms with Crippen LogP contribution in [0.1, 0.15) is 6.92 Å². The van der Waals surface area contributed by atoms with Crippen LogP contribution in [-0.2, 0) is 4.79 Å². The molecule has 0 aromatic heterocycles. The minimum absolute atomic E-state index is 0.286. The van der Waals surface area contributed by atoms with Crippen LogP contribution < -0.4 is 10.4 Å². The first-order chi connectivity index (χ1) is 9.15. The molecule has 0 unspecified atom stereocenters. The molecule has 0 bridgehead atoms. The molecule has 2 aromatic rings. The van der Waals surface area contributed by atoms with E-state index >= 15 is 0 Å². The van der Waals surface area contributed by atoms with Crippen LogP contribution in [0.2, 0.25) is 0 Å². The van der Waals surface area contributed by atoms with Crippen molar-refractivity contribution in [2.75, 3.05) is 6.23 Å². The van der Waals surface area contributed by atoms with Gasteiger partial charge in [-0.05, 0) is 0 Å². The van der Waals surface area contributed by atoms with Crippen molar-refractivity contribution in [3.05, 3.63) is 60.7 Å². The number of hydrogen-bond donors (Lipinski definition) is 2. The van der Waals surface area contributed by atoms with E-state index in [9.17, 15) is 5.11 Å². The second-order valence-electron chi connectivity index (χ2n) is 4.08. The molecular weight excluding hydrogens is 256 g/mol. The van der Waals surface area contributed by atoms with Gasteiger partial charge in [0.1, 0.15) is 8.80 Å². The van der Waals surface area contributed by atoms with Gasteiger partial charge in [0.25, 0.3) is 5.97 Å². The molecule has 19 heavy (non-hydrogen) atoms. The second-order valence-corrected chi connectivity index (χ2v) is 6.88. The first-order valence-corrected chi connectivity index (χ1v) is 8.02. The highest BCUT2D eigenvalue weighted by Crippen LogP contribution is 1.91. The molecule has 0 aliphatic rings. The number of aliphatic hydroxyl groups excluding tert-OH is 1. The van der Waals surface area contributed by atoms with Crippen LogP contribution in [-0.4, -0.2) is 31.2 Å². The minimum atomic E-state index is -1.37. The van der Waals surface area contributed by atoms with E-state index < -0.39 is 14.8 Å². The van der Waals surface area contributed by atoms with E-state index in [-0.39, 0.29) is 6.23 Å². The molecule has 0 fully saturated rings. The monoisotopic (exact) mass is 274 g/mol. The summed E-state index contributed by atoms with van der Waals surface area (Å²) in [5.74, 6) is -0.833. The van der Waals surface area contributed by atoms with Crippen molar-refractivity contribution in [3.63, 3.8) is 0 Å². The Labute approximate surface area is 114 Å². The Morgan fingerprint density at radius 2 is 1.26 bits per heavy atom. The van der Waals surface area contributed by atoms with Crippen molar-refractivity contribution in [2.45, 2.75) is 6.92 Å². The van der Waals surface area contributed by atoms with Gasteiger partial charge < -0.3 is 10.2 Å². The van der Waals surface area contributed by atoms with Crippen molar-refractivity contribution in [3.8, 4) is 0 Å². The molecule has 0 aliphatic carbocycles. The van der Waals surface area contributed by atoms with Crippen LogP contribution in [0.5, 0.6) is 0 Å². The molecule has 3 nitrogen and oxygen atoms in total. The Morgan fingerprint density at radius 1 is 0.947 bits per heavy atom. The lowest BCUT2D eigenvalue weighted by Gasteiger charge is -2.12. The van der Waals surface area contributed by atoms with E-state index in [1.807, 2.05) is 36.4 Å². The van der Waals surface area contributed by atoms with E-state index in [0.717, 1.165) is 6.92 Å². The summed E-state index contributed by atoms with van der Waals surface area (Å²) < 4.78 is 0. The second kappa shape index (κ2) is 8.23. The van der Waals surface area contributed by atoms with Crippen LogP contribution in [0.4, 0.5) is 0 Å². The molecular formula is C15H18O3Si. The van der Waals surface area contributed by atoms with Gasteiger partial charge in [-0.2, -0.15) is 0 Å². The Kier molecular flexibility index (Phi) is 6.56. The average Bonchev–Trinajstić information content (AvgIpc) is 2.41. The summed E-state index contributed by atoms with van der Waals surface area (Å²) in [6, 6.07) is 20.6. The number of aliphatic hydroxyl groups is 1. The predicted octanol–water partition coefficient (Wildman–Crippen LogP) is 0.650. The lowest BCUT2D eigenvalue weighted by molar-refractivity contribution is -0.134. The first-order valence-electron chi connectivity index (χ1n) is 6.05. The summed E-state index contributed by atoms with van der Waals surface area (Å²) >= 11 is 0. The van der Waals surface area contributed by atoms with Crippen LogP contribution in [0.15, 0.2) is 60.7 Å². The molecule has 100 valence electrons. The van der Waals surface area contributed by atoms with Crippen molar-refractivity contribution in [1.82, 2.24) is 0 Å². The lowest BCUT2D eigenvalue weighted by Crippen LogP contribution is -2.45. The van der Waals surface area contributed by atoms with Crippen molar-refractivity contribution in [2.24, 2.45) is 0 Å². The van der Waals surface area contributed by atoms with Crippen LogP contribution in [0.3, 0.4) is 0 Å². The lowest BCUT2D eigenvalue weighted by atomic mass is 10.4. The van der Waals surface area contributed by atoms with Gasteiger partial charge in [-0.1, -0.05) is 71.0 Å². The number of hydrogen-bond acceptors (Lipinski definition) is 2. The summed E-state index contributed by atoms with van der Waals surface area (Å²) in [6.07, 6.45) is 0.286. The molecule has 2 rings (SSSR count). The van der Waals surface area contributed by atoms with Crippen LogP contribution in [0.25, 0.3) is 0 Å². The third-order valence-corrected chi connectivity index (χ3v) is 5.33. The summed E-state index contributed by atoms with van der Waals surface area (Å²) in [5, 5.41) is 19.5. The quantitative estimate of drug-likeness (QED) is 0.808. The van der Waals surface area contributed by atoms with Gasteiger partial charge in [-0.25, -0.2) is 0 Å². The summed E-state index contributed by atoms with van der Waals surface area (Å²) in [4.78, 5) is 9.00. The Bertz CT molecular complexity index is 442. The number of carbonyl (C=O) groups is 1. The molecule has 0 heterocycles. The minimum Gasteiger partial charge on any atom is -0.481 e. The first kappa shape index (κ1) is 15.1. The van der Waals surface area contributed by atoms with E-state index in [1.54, 1.807) is 0 Å². The zero-order chi connectivity index (χ0) is 14.1. The smallest absolute Gasteiger partial charge is 0.300 e. The van der Waals surface area contributed by atoms with Gasteiger partial charge in [-0.15, -0.1) is 0 Å². The van der Waals surface area contributed by atoms with Gasteiger partial charge in [0.2, 0.25) is 0 Å². The van der Waals surface area contributed by atoms with Crippen LogP contribution in [0, 0.1) is 0 Å². The van der Waals surface area contributed by atoms with Gasteiger partial charge in [-0.3, -0.25) is 4.79 Å². The molecule has 4 heteroatoms. The predicted molar refractivity (Wildman–Crippen MR) is 79.7 cm³/mol. The fourth-order valence-corrected chi connectivity index (χ4v) is 3.95. The maximum atomic E-state index is 9.49. The summed E-state index contributed by atoms with van der Waals surface area (Å²) in [6.45, 7) is 1.08. The highest BCUT2D eigenvalue weighted by molar-refractivity contribution is 6.85. The van der Waals surface area contributed by atoms with Crippen molar-refractivity contribution >= 4 is 25.1 Å². The highest BCUT2D eigenvalue weighted by atomic mass is 28.3. The number of rotatable bonds is 3. The Hall–Kier alpha value is -1.91. The Balaban J connectivity index is 0.000000399. The van der Waals surface area contributed by atoms with Gasteiger partial charge in [0, 0.05) is 13.2 Å². The molecule has 0 atom stereocenters. The molecule has 2 N–H and O–H groups in total. The fraction of sp³-hybridized carbons (Fsp3) is 0.133. The normalized spacial score (nSPS) is 9.63. The van der Waals surface area contributed by atoms with Gasteiger partial charge in [0.15, 0.2) is 0 Å². The topological polar surface area (TPSA) is 57.5 Å². The third-order valence-electron chi connectivity index (χ3n) is 2.59. The number of benzene rings is 2. The summed E-state index contributed by atoms with van der Waals surface area (Å²) in [5.41, 5.74) is 0. The molecule has 0 saturated carbocycles. The Morgan fingerprint density at radius 3 is 1.53 bits per heavy atom. The van der Waals surface area contributed by atoms with Gasteiger partial charge in [0.05, 0.1) is 0 Å². The SMILES string of the molecule is CC(=O)O.OC[SiH](c1ccccc1)c1ccccc1. The fourth-order valence-electron chi connectivity index (χ4n) is 1.77. The number of aliphatic carboxylic acids is 1. The molecule has 0 radical (unpaired) electrons. The maximum absolute atomic E-state index is 9.49. The molecule has 0 amide bonds. The van der Waals surface area contributed by atoms with Crippen LogP contribution >= 0.6 is 0 Å². The molecule has 0 aliphatic heterocycles. The maximum Gasteiger partial charge on any atom is 0.300 e. The molecule has 0 spiro atoms. The zero-order valence-electron chi connectivity index (χ0n) is 10.9. The third kappa shape index (κ3) is 5.50. The summed E-state index contributed by atoms with van der Waals surface area (Å²) in [7, 11) is -1.37. The number of carboxylic acid groups (broad SMARTS) is 1. The van der Waals surface area contributed by atoms with Gasteiger partial charge >= 0.3 is 0 Å². The zero-order valence-corrected chi connectivity index (χ0v) is 12.0. The van der Waals surface area contributed by atoms with Crippen molar-refractivity contribution in [1.29, 1.82) is 0 Å². The highest BCUT2D eigenvalue weighted by Gasteiger charge is 2.13. The van der Waals surface area contributed by atoms with E-state index in [2.05, 4.69) is 24.3 Å². The van der Waals surface area contributed by atoms with E-state index in [0.29, 0.717) is 0 Å². The standard InChI is InChI=1S/C13H14OSi.C2H4O2/c14-11-15(12-7-3-1-4-8-12)13-9-5-2-6-10-13;1-2(3)4/h1-10,14-15H,11H2;1H3,(H,3,4). The van der Waals surface area contributed by atoms with Crippen molar-refractivity contribution < 1.29 is 15.0 Å². The molecule has 2 aromatic carbocycles. The number of carboxylic acids is 1.